The van der Waals surface area contributed by atoms with Gasteiger partial charge in [-0.2, -0.15) is 27.0 Å². The van der Waals surface area contributed by atoms with Gasteiger partial charge in [-0.15, -0.1) is 0 Å². The Morgan fingerprint density at radius 3 is 2.53 bits per heavy atom. The fraction of sp³-hybridized carbons (Fsp3) is 0.500. The second kappa shape index (κ2) is 7.45. The van der Waals surface area contributed by atoms with Crippen molar-refractivity contribution in [2.75, 3.05) is 15.5 Å². The largest absolute Gasteiger partial charge is 0.461 e. The predicted octanol–water partition coefficient (Wildman–Crippen LogP) is 4.03. The minimum atomic E-state index is -5.81. The quantitative estimate of drug-likeness (QED) is 0.621. The highest BCUT2D eigenvalue weighted by Gasteiger charge is 2.61. The van der Waals surface area contributed by atoms with E-state index in [2.05, 4.69) is 15.4 Å². The maximum atomic E-state index is 13.8. The number of fused-ring (bicyclic) bond motifs is 2. The highest BCUT2D eigenvalue weighted by molar-refractivity contribution is 7.92. The minimum Gasteiger partial charge on any atom is -0.339 e. The first-order valence-corrected chi connectivity index (χ1v) is 11.6. The molecule has 2 N–H and O–H groups in total. The lowest BCUT2D eigenvalue weighted by molar-refractivity contribution is -0.292. The van der Waals surface area contributed by atoms with Gasteiger partial charge in [0.2, 0.25) is 10.0 Å². The average molecular weight is 500 g/mol. The molecule has 0 saturated carbocycles. The monoisotopic (exact) mass is 499 g/mol. The van der Waals surface area contributed by atoms with Crippen molar-refractivity contribution in [1.82, 2.24) is 15.0 Å². The van der Waals surface area contributed by atoms with Crippen LogP contribution in [0.15, 0.2) is 18.2 Å². The molecule has 3 heterocycles. The zero-order valence-corrected chi connectivity index (χ0v) is 18.4. The molecule has 2 aliphatic heterocycles. The Balaban J connectivity index is 1.71. The number of benzene rings is 1. The maximum absolute atomic E-state index is 13.8. The molecule has 0 radical (unpaired) electrons. The molecular weight excluding hydrogens is 481 g/mol. The van der Waals surface area contributed by atoms with Crippen LogP contribution in [0.3, 0.4) is 0 Å². The van der Waals surface area contributed by atoms with E-state index in [1.807, 2.05) is 0 Å². The van der Waals surface area contributed by atoms with E-state index in [0.29, 0.717) is 16.3 Å². The molecule has 176 valence electrons. The van der Waals surface area contributed by atoms with Crippen LogP contribution < -0.4 is 9.73 Å². The number of imidazole rings is 1. The lowest BCUT2D eigenvalue weighted by Gasteiger charge is -2.41. The van der Waals surface area contributed by atoms with Crippen molar-refractivity contribution in [3.05, 3.63) is 40.3 Å². The van der Waals surface area contributed by atoms with Crippen LogP contribution in [-0.4, -0.2) is 47.5 Å². The summed E-state index contributed by atoms with van der Waals surface area (Å²) in [6.07, 6.45) is -6.31. The topological polar surface area (TPSA) is 81.3 Å². The van der Waals surface area contributed by atoms with Gasteiger partial charge in [0.15, 0.2) is 11.6 Å². The summed E-state index contributed by atoms with van der Waals surface area (Å²) in [7, 11) is -3.75. The van der Waals surface area contributed by atoms with E-state index < -0.39 is 40.2 Å². The molecule has 4 rings (SSSR count). The van der Waals surface area contributed by atoms with Gasteiger partial charge in [-0.1, -0.05) is 11.6 Å². The summed E-state index contributed by atoms with van der Waals surface area (Å²) < 4.78 is 92.8. The molecule has 32 heavy (non-hydrogen) atoms. The van der Waals surface area contributed by atoms with Gasteiger partial charge in [0.1, 0.15) is 6.17 Å². The zero-order valence-electron chi connectivity index (χ0n) is 16.8. The average Bonchev–Trinajstić information content (AvgIpc) is 3.27. The fourth-order valence-electron chi connectivity index (χ4n) is 3.99. The molecule has 2 aromatic rings. The SMILES string of the molecule is CCS(=O)(=O)N1c2ccc(Cl)cc2CC1N1Nc2nc(C(F)(F)C(F)(F)F)[nH]c2CC1C. The smallest absolute Gasteiger partial charge is 0.339 e. The number of aromatic amines is 1. The highest BCUT2D eigenvalue weighted by atomic mass is 35.5. The third-order valence-electron chi connectivity index (χ3n) is 5.58. The maximum Gasteiger partial charge on any atom is 0.461 e. The van der Waals surface area contributed by atoms with Crippen molar-refractivity contribution in [3.8, 4) is 0 Å². The van der Waals surface area contributed by atoms with Gasteiger partial charge < -0.3 is 4.98 Å². The molecule has 2 aliphatic rings. The van der Waals surface area contributed by atoms with Gasteiger partial charge in [0.05, 0.1) is 17.1 Å². The summed E-state index contributed by atoms with van der Waals surface area (Å²) in [5.41, 5.74) is 3.95. The van der Waals surface area contributed by atoms with E-state index >= 15 is 0 Å². The van der Waals surface area contributed by atoms with Crippen LogP contribution >= 0.6 is 11.6 Å². The fourth-order valence-corrected chi connectivity index (χ4v) is 5.48. The summed E-state index contributed by atoms with van der Waals surface area (Å²) in [5, 5.41) is 1.94. The molecule has 0 spiro atoms. The highest BCUT2D eigenvalue weighted by Crippen LogP contribution is 2.44. The number of hydrazine groups is 1. The zero-order chi connectivity index (χ0) is 23.6. The van der Waals surface area contributed by atoms with Crippen LogP contribution in [0, 0.1) is 0 Å². The number of nitrogens with zero attached hydrogens (tertiary/aromatic N) is 3. The number of aromatic nitrogens is 2. The van der Waals surface area contributed by atoms with Crippen LogP contribution in [0.2, 0.25) is 5.02 Å². The van der Waals surface area contributed by atoms with Crippen molar-refractivity contribution in [2.45, 2.75) is 51.0 Å². The summed E-state index contributed by atoms with van der Waals surface area (Å²) in [5.74, 6) is -7.07. The molecular formula is C18H19ClF5N5O2S. The summed E-state index contributed by atoms with van der Waals surface area (Å²) in [6.45, 7) is 3.19. The number of H-pyrrole nitrogens is 1. The van der Waals surface area contributed by atoms with Crippen molar-refractivity contribution >= 4 is 33.1 Å². The molecule has 1 aromatic heterocycles. The standard InChI is InChI=1S/C18H19ClF5N5O2S/c1-3-32(30,31)29-13-5-4-11(19)7-10(13)8-14(29)28-9(2)6-12-15(27-28)26-16(25-12)17(20,21)18(22,23)24/h4-5,7,9,14,27H,3,6,8H2,1-2H3,(H,25,26). The number of nitrogens with one attached hydrogen (secondary N) is 2. The van der Waals surface area contributed by atoms with Crippen molar-refractivity contribution < 1.29 is 30.4 Å². The van der Waals surface area contributed by atoms with Crippen molar-refractivity contribution in [2.24, 2.45) is 0 Å². The first-order valence-electron chi connectivity index (χ1n) is 9.65. The van der Waals surface area contributed by atoms with Gasteiger partial charge in [-0.25, -0.2) is 13.4 Å². The molecule has 2 unspecified atom stereocenters. The third kappa shape index (κ3) is 3.59. The lowest BCUT2D eigenvalue weighted by Crippen LogP contribution is -2.57. The second-order valence-corrected chi connectivity index (χ2v) is 10.3. The van der Waals surface area contributed by atoms with Crippen LogP contribution in [0.4, 0.5) is 33.5 Å². The van der Waals surface area contributed by atoms with Gasteiger partial charge in [-0.05, 0) is 37.6 Å². The van der Waals surface area contributed by atoms with Crippen LogP contribution in [0.25, 0.3) is 0 Å². The number of halogens is 6. The van der Waals surface area contributed by atoms with Gasteiger partial charge in [0, 0.05) is 23.9 Å². The van der Waals surface area contributed by atoms with Gasteiger partial charge in [-0.3, -0.25) is 9.73 Å². The normalized spacial score (nSPS) is 21.9. The number of rotatable bonds is 4. The number of hydrogen-bond acceptors (Lipinski definition) is 5. The number of anilines is 2. The van der Waals surface area contributed by atoms with Crippen molar-refractivity contribution in [1.29, 1.82) is 0 Å². The van der Waals surface area contributed by atoms with E-state index in [1.54, 1.807) is 25.1 Å². The Labute approximate surface area is 185 Å². The lowest BCUT2D eigenvalue weighted by atomic mass is 10.1. The molecule has 2 atom stereocenters. The Morgan fingerprint density at radius 2 is 1.91 bits per heavy atom. The van der Waals surface area contributed by atoms with E-state index in [0.717, 1.165) is 0 Å². The van der Waals surface area contributed by atoms with E-state index in [-0.39, 0.29) is 30.1 Å². The van der Waals surface area contributed by atoms with Crippen LogP contribution in [0.1, 0.15) is 30.9 Å². The summed E-state index contributed by atoms with van der Waals surface area (Å²) >= 11 is 6.06. The predicted molar refractivity (Wildman–Crippen MR) is 108 cm³/mol. The number of sulfonamides is 1. The molecule has 14 heteroatoms. The van der Waals surface area contributed by atoms with E-state index in [4.69, 9.17) is 11.6 Å². The molecule has 0 bridgehead atoms. The molecule has 0 saturated heterocycles. The molecule has 7 nitrogen and oxygen atoms in total. The van der Waals surface area contributed by atoms with Crippen LogP contribution in [0.5, 0.6) is 0 Å². The summed E-state index contributed by atoms with van der Waals surface area (Å²) in [4.78, 5) is 5.53. The minimum absolute atomic E-state index is 0.0525. The Kier molecular flexibility index (Phi) is 5.37. The Morgan fingerprint density at radius 1 is 1.22 bits per heavy atom. The first kappa shape index (κ1) is 23.1. The first-order chi connectivity index (χ1) is 14.8. The number of alkyl halides is 5. The Bertz CT molecular complexity index is 1150. The van der Waals surface area contributed by atoms with E-state index in [1.165, 1.54) is 16.2 Å². The second-order valence-electron chi connectivity index (χ2n) is 7.71. The van der Waals surface area contributed by atoms with Crippen LogP contribution in [-0.2, 0) is 28.8 Å². The number of hydrogen-bond donors (Lipinski definition) is 2. The summed E-state index contributed by atoms with van der Waals surface area (Å²) in [6, 6.07) is 4.33. The molecule has 0 amide bonds. The Hall–Kier alpha value is -2.12. The third-order valence-corrected chi connectivity index (χ3v) is 7.58. The van der Waals surface area contributed by atoms with E-state index in [9.17, 15) is 30.4 Å². The molecule has 0 aliphatic carbocycles. The van der Waals surface area contributed by atoms with Gasteiger partial charge >= 0.3 is 12.1 Å². The molecule has 1 aromatic carbocycles. The molecule has 0 fully saturated rings. The van der Waals surface area contributed by atoms with Crippen molar-refractivity contribution in [3.63, 3.8) is 0 Å². The van der Waals surface area contributed by atoms with Gasteiger partial charge in [0.25, 0.3) is 0 Å².